The van der Waals surface area contributed by atoms with E-state index >= 15 is 0 Å². The number of likely N-dealkylation sites (N-methyl/N-ethyl adjacent to an activating group) is 1. The topological polar surface area (TPSA) is 58.6 Å². The Bertz CT molecular complexity index is 530. The number of carbonyl (C=O) groups excluding carboxylic acids is 2. The van der Waals surface area contributed by atoms with E-state index in [1.807, 2.05) is 24.1 Å². The molecule has 0 aromatic heterocycles. The zero-order chi connectivity index (χ0) is 15.4. The normalized spacial score (nSPS) is 19.5. The Balaban J connectivity index is 2.02. The lowest BCUT2D eigenvalue weighted by Crippen LogP contribution is -2.52. The van der Waals surface area contributed by atoms with Gasteiger partial charge in [0.25, 0.3) is 0 Å². The van der Waals surface area contributed by atoms with Gasteiger partial charge < -0.3 is 10.1 Å². The molecular weight excluding hydrogens is 268 g/mol. The van der Waals surface area contributed by atoms with Gasteiger partial charge in [-0.1, -0.05) is 24.3 Å². The Hall–Kier alpha value is -1.88. The Labute approximate surface area is 125 Å². The minimum absolute atomic E-state index is 0.132. The summed E-state index contributed by atoms with van der Waals surface area (Å²) in [4.78, 5) is 26.0. The summed E-state index contributed by atoms with van der Waals surface area (Å²) in [6.45, 7) is 4.45. The maximum absolute atomic E-state index is 12.4. The fourth-order valence-corrected chi connectivity index (χ4v) is 2.58. The minimum atomic E-state index is -0.622. The first-order chi connectivity index (χ1) is 10.0. The van der Waals surface area contributed by atoms with E-state index in [4.69, 9.17) is 4.74 Å². The Morgan fingerprint density at radius 1 is 1.38 bits per heavy atom. The maximum Gasteiger partial charge on any atom is 0.328 e. The Morgan fingerprint density at radius 3 is 2.71 bits per heavy atom. The van der Waals surface area contributed by atoms with E-state index in [0.717, 1.165) is 6.54 Å². The van der Waals surface area contributed by atoms with Crippen molar-refractivity contribution in [3.63, 3.8) is 0 Å². The fourth-order valence-electron chi connectivity index (χ4n) is 2.58. The second kappa shape index (κ2) is 6.72. The molecule has 5 nitrogen and oxygen atoms in total. The van der Waals surface area contributed by atoms with Crippen LogP contribution in [-0.4, -0.2) is 42.5 Å². The van der Waals surface area contributed by atoms with Crippen LogP contribution in [0, 0.1) is 0 Å². The first-order valence-electron chi connectivity index (χ1n) is 7.27. The number of nitrogens with one attached hydrogen (secondary N) is 1. The first kappa shape index (κ1) is 15.5. The molecule has 1 aromatic rings. The molecule has 0 radical (unpaired) electrons. The molecule has 1 amide bonds. The molecule has 2 unspecified atom stereocenters. The van der Waals surface area contributed by atoms with Crippen molar-refractivity contribution < 1.29 is 14.3 Å². The molecule has 0 spiro atoms. The largest absolute Gasteiger partial charge is 0.464 e. The predicted octanol–water partition coefficient (Wildman–Crippen LogP) is 1.11. The highest BCUT2D eigenvalue weighted by Crippen LogP contribution is 2.22. The quantitative estimate of drug-likeness (QED) is 0.844. The molecule has 0 fully saturated rings. The molecule has 1 aliphatic heterocycles. The van der Waals surface area contributed by atoms with Gasteiger partial charge in [0.05, 0.1) is 12.6 Å². The molecule has 1 aromatic carbocycles. The first-order valence-corrected chi connectivity index (χ1v) is 7.27. The van der Waals surface area contributed by atoms with Gasteiger partial charge in [-0.25, -0.2) is 4.79 Å². The highest BCUT2D eigenvalue weighted by Gasteiger charge is 2.30. The van der Waals surface area contributed by atoms with Gasteiger partial charge in [-0.05, 0) is 38.4 Å². The van der Waals surface area contributed by atoms with Gasteiger partial charge in [0.1, 0.15) is 6.04 Å². The zero-order valence-corrected chi connectivity index (χ0v) is 12.8. The lowest BCUT2D eigenvalue weighted by molar-refractivity contribution is -0.147. The SMILES string of the molecule is CCOC(=O)C(C)NC(=O)C1Cc2ccccc2CN1C. The van der Waals surface area contributed by atoms with E-state index in [1.165, 1.54) is 11.1 Å². The van der Waals surface area contributed by atoms with Gasteiger partial charge in [-0.15, -0.1) is 0 Å². The molecule has 21 heavy (non-hydrogen) atoms. The van der Waals surface area contributed by atoms with Crippen LogP contribution < -0.4 is 5.32 Å². The molecule has 1 N–H and O–H groups in total. The highest BCUT2D eigenvalue weighted by molar-refractivity contribution is 5.87. The fraction of sp³-hybridized carbons (Fsp3) is 0.500. The molecule has 1 heterocycles. The Kier molecular flexibility index (Phi) is 4.96. The van der Waals surface area contributed by atoms with Crippen LogP contribution in [0.1, 0.15) is 25.0 Å². The summed E-state index contributed by atoms with van der Waals surface area (Å²) in [5.74, 6) is -0.530. The number of nitrogens with zero attached hydrogens (tertiary/aromatic N) is 1. The average Bonchev–Trinajstić information content (AvgIpc) is 2.46. The maximum atomic E-state index is 12.4. The smallest absolute Gasteiger partial charge is 0.328 e. The molecule has 114 valence electrons. The van der Waals surface area contributed by atoms with Crippen molar-refractivity contribution >= 4 is 11.9 Å². The van der Waals surface area contributed by atoms with Crippen molar-refractivity contribution in [3.8, 4) is 0 Å². The van der Waals surface area contributed by atoms with Crippen molar-refractivity contribution in [2.24, 2.45) is 0 Å². The molecule has 5 heteroatoms. The standard InChI is InChI=1S/C16H22N2O3/c1-4-21-16(20)11(2)17-15(19)14-9-12-7-5-6-8-13(12)10-18(14)3/h5-8,11,14H,4,9-10H2,1-3H3,(H,17,19). The van der Waals surface area contributed by atoms with Gasteiger partial charge in [0.15, 0.2) is 0 Å². The van der Waals surface area contributed by atoms with E-state index in [1.54, 1.807) is 13.8 Å². The summed E-state index contributed by atoms with van der Waals surface area (Å²) in [6, 6.07) is 7.26. The minimum Gasteiger partial charge on any atom is -0.464 e. The third kappa shape index (κ3) is 3.61. The Morgan fingerprint density at radius 2 is 2.05 bits per heavy atom. The number of carbonyl (C=O) groups is 2. The van der Waals surface area contributed by atoms with Crippen molar-refractivity contribution in [2.45, 2.75) is 38.9 Å². The second-order valence-electron chi connectivity index (χ2n) is 5.39. The number of ether oxygens (including phenoxy) is 1. The summed E-state index contributed by atoms with van der Waals surface area (Å²) >= 11 is 0. The van der Waals surface area contributed by atoms with Gasteiger partial charge in [-0.2, -0.15) is 0 Å². The molecule has 2 rings (SSSR count). The summed E-state index contributed by atoms with van der Waals surface area (Å²) in [5.41, 5.74) is 2.45. The highest BCUT2D eigenvalue weighted by atomic mass is 16.5. The molecule has 0 aliphatic carbocycles. The van der Waals surface area contributed by atoms with Gasteiger partial charge in [-0.3, -0.25) is 9.69 Å². The van der Waals surface area contributed by atoms with Crippen LogP contribution in [0.3, 0.4) is 0 Å². The van der Waals surface area contributed by atoms with Crippen molar-refractivity contribution in [1.29, 1.82) is 0 Å². The van der Waals surface area contributed by atoms with Crippen LogP contribution in [-0.2, 0) is 27.3 Å². The van der Waals surface area contributed by atoms with E-state index in [2.05, 4.69) is 17.4 Å². The van der Waals surface area contributed by atoms with Crippen LogP contribution in [0.15, 0.2) is 24.3 Å². The number of benzene rings is 1. The molecule has 2 atom stereocenters. The molecule has 0 saturated carbocycles. The lowest BCUT2D eigenvalue weighted by atomic mass is 9.94. The molecule has 0 bridgehead atoms. The van der Waals surface area contributed by atoms with Crippen LogP contribution in [0.4, 0.5) is 0 Å². The predicted molar refractivity (Wildman–Crippen MR) is 79.6 cm³/mol. The summed E-state index contributed by atoms with van der Waals surface area (Å²) in [6.07, 6.45) is 0.661. The third-order valence-electron chi connectivity index (χ3n) is 3.79. The van der Waals surface area contributed by atoms with E-state index in [0.29, 0.717) is 13.0 Å². The van der Waals surface area contributed by atoms with Crippen LogP contribution in [0.5, 0.6) is 0 Å². The molecular formula is C16H22N2O3. The summed E-state index contributed by atoms with van der Waals surface area (Å²) in [5, 5.41) is 2.74. The molecule has 0 saturated heterocycles. The lowest BCUT2D eigenvalue weighted by Gasteiger charge is -2.33. The average molecular weight is 290 g/mol. The number of hydrogen-bond donors (Lipinski definition) is 1. The van der Waals surface area contributed by atoms with Gasteiger partial charge in [0, 0.05) is 6.54 Å². The number of amides is 1. The van der Waals surface area contributed by atoms with Crippen LogP contribution >= 0.6 is 0 Å². The number of esters is 1. The number of fused-ring (bicyclic) bond motifs is 1. The van der Waals surface area contributed by atoms with Crippen molar-refractivity contribution in [3.05, 3.63) is 35.4 Å². The zero-order valence-electron chi connectivity index (χ0n) is 12.8. The summed E-state index contributed by atoms with van der Waals surface area (Å²) in [7, 11) is 1.93. The van der Waals surface area contributed by atoms with Gasteiger partial charge >= 0.3 is 5.97 Å². The molecule has 1 aliphatic rings. The van der Waals surface area contributed by atoms with E-state index in [-0.39, 0.29) is 11.9 Å². The number of rotatable bonds is 4. The van der Waals surface area contributed by atoms with Crippen molar-refractivity contribution in [1.82, 2.24) is 10.2 Å². The van der Waals surface area contributed by atoms with Crippen LogP contribution in [0.25, 0.3) is 0 Å². The third-order valence-corrected chi connectivity index (χ3v) is 3.79. The monoisotopic (exact) mass is 290 g/mol. The van der Waals surface area contributed by atoms with Crippen molar-refractivity contribution in [2.75, 3.05) is 13.7 Å². The van der Waals surface area contributed by atoms with E-state index < -0.39 is 12.0 Å². The summed E-state index contributed by atoms with van der Waals surface area (Å²) < 4.78 is 4.91. The van der Waals surface area contributed by atoms with Gasteiger partial charge in [0.2, 0.25) is 5.91 Å². The van der Waals surface area contributed by atoms with Crippen LogP contribution in [0.2, 0.25) is 0 Å². The second-order valence-corrected chi connectivity index (χ2v) is 5.39. The van der Waals surface area contributed by atoms with E-state index in [9.17, 15) is 9.59 Å². The number of hydrogen-bond acceptors (Lipinski definition) is 4.